The fourth-order valence-corrected chi connectivity index (χ4v) is 3.43. The number of alkyl carbamates (subject to hydrolysis) is 1. The second-order valence-corrected chi connectivity index (χ2v) is 6.99. The van der Waals surface area contributed by atoms with E-state index in [0.29, 0.717) is 0 Å². The monoisotopic (exact) mass is 452 g/mol. The molecule has 11 heteroatoms. The highest BCUT2D eigenvalue weighted by atomic mass is 19.4. The number of rotatable bonds is 8. The molecule has 1 atom stereocenters. The van der Waals surface area contributed by atoms with Crippen molar-refractivity contribution in [1.82, 2.24) is 10.8 Å². The molecule has 2 amide bonds. The summed E-state index contributed by atoms with van der Waals surface area (Å²) in [6.07, 6.45) is -6.68. The molecular weight excluding hydrogens is 433 g/mol. The lowest BCUT2D eigenvalue weighted by Crippen LogP contribution is -2.48. The first-order chi connectivity index (χ1) is 15.2. The Kier molecular flexibility index (Phi) is 6.98. The largest absolute Gasteiger partial charge is 0.481 e. The Balaban J connectivity index is 1.62. The Labute approximate surface area is 180 Å². The summed E-state index contributed by atoms with van der Waals surface area (Å²) in [6.45, 7) is -1.87. The van der Waals surface area contributed by atoms with Crippen LogP contribution in [0.15, 0.2) is 48.5 Å². The van der Waals surface area contributed by atoms with Crippen LogP contribution in [0.2, 0.25) is 0 Å². The van der Waals surface area contributed by atoms with Crippen molar-refractivity contribution in [3.05, 3.63) is 59.7 Å². The number of fused-ring (bicyclic) bond motifs is 3. The molecule has 0 saturated carbocycles. The van der Waals surface area contributed by atoms with Gasteiger partial charge in [0, 0.05) is 5.92 Å². The molecule has 0 fully saturated rings. The van der Waals surface area contributed by atoms with Crippen molar-refractivity contribution in [2.24, 2.45) is 0 Å². The smallest absolute Gasteiger partial charge is 0.414 e. The number of hydroxylamine groups is 1. The minimum atomic E-state index is -4.70. The van der Waals surface area contributed by atoms with E-state index >= 15 is 0 Å². The normalized spacial score (nSPS) is 13.6. The van der Waals surface area contributed by atoms with Gasteiger partial charge in [-0.1, -0.05) is 48.5 Å². The molecule has 2 aromatic rings. The maximum atomic E-state index is 12.2. The average molecular weight is 452 g/mol. The van der Waals surface area contributed by atoms with E-state index in [9.17, 15) is 27.6 Å². The predicted molar refractivity (Wildman–Crippen MR) is 104 cm³/mol. The lowest BCUT2D eigenvalue weighted by Gasteiger charge is -2.18. The van der Waals surface area contributed by atoms with Crippen molar-refractivity contribution >= 4 is 18.0 Å². The molecule has 3 rings (SSSR count). The van der Waals surface area contributed by atoms with Crippen molar-refractivity contribution < 1.29 is 42.2 Å². The van der Waals surface area contributed by atoms with Crippen molar-refractivity contribution in [1.29, 1.82) is 0 Å². The van der Waals surface area contributed by atoms with Crippen molar-refractivity contribution in [3.8, 4) is 11.1 Å². The zero-order chi connectivity index (χ0) is 23.3. The third-order valence-corrected chi connectivity index (χ3v) is 4.74. The number of nitrogens with one attached hydrogen (secondary N) is 2. The van der Waals surface area contributed by atoms with Crippen LogP contribution in [0.1, 0.15) is 23.5 Å². The van der Waals surface area contributed by atoms with E-state index < -0.39 is 43.2 Å². The van der Waals surface area contributed by atoms with Crippen LogP contribution in [0, 0.1) is 0 Å². The van der Waals surface area contributed by atoms with Crippen LogP contribution in [-0.4, -0.2) is 48.5 Å². The molecule has 1 unspecified atom stereocenters. The summed E-state index contributed by atoms with van der Waals surface area (Å²) >= 11 is 0. The Morgan fingerprint density at radius 1 is 1.00 bits per heavy atom. The number of hydrogen-bond acceptors (Lipinski definition) is 5. The van der Waals surface area contributed by atoms with Gasteiger partial charge < -0.3 is 15.2 Å². The van der Waals surface area contributed by atoms with Crippen LogP contribution in [0.25, 0.3) is 11.1 Å². The van der Waals surface area contributed by atoms with Crippen LogP contribution in [-0.2, 0) is 19.2 Å². The lowest BCUT2D eigenvalue weighted by molar-refractivity contribution is -0.192. The van der Waals surface area contributed by atoms with Crippen LogP contribution >= 0.6 is 0 Å². The van der Waals surface area contributed by atoms with E-state index in [1.807, 2.05) is 48.5 Å². The molecule has 0 aromatic heterocycles. The SMILES string of the molecule is O=C(O)CC(NC(=O)OCC1c2ccccc2-c2ccccc21)C(=O)NOCC(F)(F)F. The molecule has 0 heterocycles. The minimum absolute atomic E-state index is 0.0914. The van der Waals surface area contributed by atoms with Crippen LogP contribution in [0.3, 0.4) is 0 Å². The van der Waals surface area contributed by atoms with Gasteiger partial charge in [0.25, 0.3) is 5.91 Å². The predicted octanol–water partition coefficient (Wildman–Crippen LogP) is 2.98. The van der Waals surface area contributed by atoms with Gasteiger partial charge in [0.1, 0.15) is 12.6 Å². The quantitative estimate of drug-likeness (QED) is 0.531. The highest BCUT2D eigenvalue weighted by Crippen LogP contribution is 2.44. The van der Waals surface area contributed by atoms with Gasteiger partial charge in [0.15, 0.2) is 6.61 Å². The Bertz CT molecular complexity index is 966. The van der Waals surface area contributed by atoms with E-state index in [2.05, 4.69) is 10.2 Å². The number of ether oxygens (including phenoxy) is 1. The molecule has 0 bridgehead atoms. The number of carbonyl (C=O) groups excluding carboxylic acids is 2. The topological polar surface area (TPSA) is 114 Å². The molecule has 3 N–H and O–H groups in total. The summed E-state index contributed by atoms with van der Waals surface area (Å²) in [5, 5.41) is 11.0. The molecule has 1 aliphatic rings. The molecule has 1 aliphatic carbocycles. The molecule has 170 valence electrons. The fourth-order valence-electron chi connectivity index (χ4n) is 3.43. The van der Waals surface area contributed by atoms with Gasteiger partial charge in [0.05, 0.1) is 6.42 Å². The summed E-state index contributed by atoms with van der Waals surface area (Å²) in [6, 6.07) is 13.5. The van der Waals surface area contributed by atoms with Gasteiger partial charge in [-0.2, -0.15) is 13.2 Å². The van der Waals surface area contributed by atoms with Crippen molar-refractivity contribution in [2.75, 3.05) is 13.2 Å². The molecule has 0 spiro atoms. The number of aliphatic carboxylic acids is 1. The van der Waals surface area contributed by atoms with Gasteiger partial charge in [-0.25, -0.2) is 10.3 Å². The summed E-state index contributed by atoms with van der Waals surface area (Å²) < 4.78 is 41.6. The number of halogens is 3. The summed E-state index contributed by atoms with van der Waals surface area (Å²) in [7, 11) is 0. The summed E-state index contributed by atoms with van der Waals surface area (Å²) in [5.41, 5.74) is 5.38. The number of hydrogen-bond donors (Lipinski definition) is 3. The first-order valence-electron chi connectivity index (χ1n) is 9.47. The number of carbonyl (C=O) groups is 3. The minimum Gasteiger partial charge on any atom is -0.481 e. The lowest BCUT2D eigenvalue weighted by atomic mass is 9.98. The highest BCUT2D eigenvalue weighted by molar-refractivity contribution is 5.88. The zero-order valence-electron chi connectivity index (χ0n) is 16.5. The molecular formula is C21H19F3N2O6. The van der Waals surface area contributed by atoms with E-state index in [4.69, 9.17) is 9.84 Å². The van der Waals surface area contributed by atoms with Crippen LogP contribution in [0.5, 0.6) is 0 Å². The van der Waals surface area contributed by atoms with E-state index in [-0.39, 0.29) is 12.5 Å². The molecule has 0 aliphatic heterocycles. The molecule has 8 nitrogen and oxygen atoms in total. The van der Waals surface area contributed by atoms with Gasteiger partial charge in [-0.15, -0.1) is 0 Å². The summed E-state index contributed by atoms with van der Waals surface area (Å²) in [5.74, 6) is -2.99. The fraction of sp³-hybridized carbons (Fsp3) is 0.286. The maximum Gasteiger partial charge on any atom is 0.414 e. The molecule has 2 aromatic carbocycles. The highest BCUT2D eigenvalue weighted by Gasteiger charge is 2.31. The molecule has 0 radical (unpaired) electrons. The Morgan fingerprint density at radius 2 is 1.56 bits per heavy atom. The van der Waals surface area contributed by atoms with Crippen LogP contribution < -0.4 is 10.8 Å². The number of carboxylic acid groups (broad SMARTS) is 1. The van der Waals surface area contributed by atoms with Crippen molar-refractivity contribution in [2.45, 2.75) is 24.6 Å². The Hall–Kier alpha value is -3.60. The molecule has 0 saturated heterocycles. The maximum absolute atomic E-state index is 12.2. The number of benzene rings is 2. The Morgan fingerprint density at radius 3 is 2.09 bits per heavy atom. The second-order valence-electron chi connectivity index (χ2n) is 6.99. The third-order valence-electron chi connectivity index (χ3n) is 4.74. The van der Waals surface area contributed by atoms with E-state index in [0.717, 1.165) is 22.3 Å². The van der Waals surface area contributed by atoms with E-state index in [1.54, 1.807) is 0 Å². The summed E-state index contributed by atoms with van der Waals surface area (Å²) in [4.78, 5) is 39.2. The molecule has 32 heavy (non-hydrogen) atoms. The number of alkyl halides is 3. The van der Waals surface area contributed by atoms with Gasteiger partial charge in [-0.05, 0) is 22.3 Å². The number of carboxylic acids is 1. The van der Waals surface area contributed by atoms with E-state index in [1.165, 1.54) is 5.48 Å². The van der Waals surface area contributed by atoms with Gasteiger partial charge >= 0.3 is 18.2 Å². The standard InChI is InChI=1S/C21H19F3N2O6/c22-21(23,24)11-32-26-19(29)17(9-18(27)28)25-20(30)31-10-16-14-7-3-1-5-12(14)13-6-2-4-8-15(13)16/h1-8,16-17H,9-11H2,(H,25,30)(H,26,29)(H,27,28). The third kappa shape index (κ3) is 5.76. The second kappa shape index (κ2) is 9.69. The first kappa shape index (κ1) is 23.1. The average Bonchev–Trinajstić information content (AvgIpc) is 3.04. The van der Waals surface area contributed by atoms with Gasteiger partial charge in [-0.3, -0.25) is 14.4 Å². The number of amides is 2. The first-order valence-corrected chi connectivity index (χ1v) is 9.47. The van der Waals surface area contributed by atoms with Crippen LogP contribution in [0.4, 0.5) is 18.0 Å². The van der Waals surface area contributed by atoms with Gasteiger partial charge in [0.2, 0.25) is 0 Å². The zero-order valence-corrected chi connectivity index (χ0v) is 16.5. The van der Waals surface area contributed by atoms with Crippen molar-refractivity contribution in [3.63, 3.8) is 0 Å².